The van der Waals surface area contributed by atoms with E-state index < -0.39 is 6.04 Å². The number of nitrogens with zero attached hydrogens (tertiary/aromatic N) is 1. The van der Waals surface area contributed by atoms with Crippen LogP contribution in [0.3, 0.4) is 0 Å². The number of amides is 2. The maximum Gasteiger partial charge on any atom is 0.242 e. The maximum atomic E-state index is 12.1. The minimum absolute atomic E-state index is 0.105. The Kier molecular flexibility index (Phi) is 6.55. The zero-order valence-electron chi connectivity index (χ0n) is 13.7. The van der Waals surface area contributed by atoms with Gasteiger partial charge in [-0.25, -0.2) is 0 Å². The quantitative estimate of drug-likeness (QED) is 0.810. The molecule has 2 amide bonds. The van der Waals surface area contributed by atoms with Gasteiger partial charge >= 0.3 is 0 Å². The Labute approximate surface area is 137 Å². The fraction of sp³-hybridized carbons (Fsp3) is 0.529. The van der Waals surface area contributed by atoms with Gasteiger partial charge in [0.05, 0.1) is 19.3 Å². The number of benzene rings is 1. The number of ether oxygens (including phenoxy) is 1. The van der Waals surface area contributed by atoms with Crippen LogP contribution < -0.4 is 10.6 Å². The molecule has 2 rings (SSSR count). The molecule has 1 saturated heterocycles. The molecule has 0 bridgehead atoms. The predicted molar refractivity (Wildman–Crippen MR) is 87.9 cm³/mol. The first-order valence-electron chi connectivity index (χ1n) is 7.99. The summed E-state index contributed by atoms with van der Waals surface area (Å²) in [6.45, 7) is 6.70. The summed E-state index contributed by atoms with van der Waals surface area (Å²) in [6.07, 6.45) is 0. The summed E-state index contributed by atoms with van der Waals surface area (Å²) in [5, 5.41) is 5.55. The van der Waals surface area contributed by atoms with Gasteiger partial charge < -0.3 is 15.4 Å². The van der Waals surface area contributed by atoms with Gasteiger partial charge in [-0.05, 0) is 12.5 Å². The second-order valence-electron chi connectivity index (χ2n) is 5.74. The van der Waals surface area contributed by atoms with Crippen LogP contribution in [0.2, 0.25) is 0 Å². The Bertz CT molecular complexity index is 515. The van der Waals surface area contributed by atoms with Gasteiger partial charge in [0.2, 0.25) is 11.8 Å². The minimum atomic E-state index is -0.534. The fourth-order valence-corrected chi connectivity index (χ4v) is 2.74. The number of rotatable bonds is 6. The van der Waals surface area contributed by atoms with Gasteiger partial charge in [-0.15, -0.1) is 0 Å². The van der Waals surface area contributed by atoms with E-state index >= 15 is 0 Å². The summed E-state index contributed by atoms with van der Waals surface area (Å²) >= 11 is 0. The highest BCUT2D eigenvalue weighted by Gasteiger charge is 2.24. The molecule has 0 radical (unpaired) electrons. The standard InChI is InChI=1S/C17H25N3O3/c1-13(19-14(2)21)17(22)18-12-16(15-6-4-3-5-7-15)20-8-10-23-11-9-20/h3-7,13,16H,8-12H2,1-2H3,(H,18,22)(H,19,21). The van der Waals surface area contributed by atoms with E-state index in [1.165, 1.54) is 12.5 Å². The van der Waals surface area contributed by atoms with Crippen LogP contribution in [0.1, 0.15) is 25.5 Å². The van der Waals surface area contributed by atoms with E-state index in [1.807, 2.05) is 18.2 Å². The van der Waals surface area contributed by atoms with Crippen LogP contribution in [-0.4, -0.2) is 55.6 Å². The SMILES string of the molecule is CC(=O)NC(C)C(=O)NCC(c1ccccc1)N1CCOCC1. The predicted octanol–water partition coefficient (Wildman–Crippen LogP) is 0.701. The van der Waals surface area contributed by atoms with Crippen molar-refractivity contribution < 1.29 is 14.3 Å². The number of carbonyl (C=O) groups is 2. The van der Waals surface area contributed by atoms with Gasteiger partial charge in [-0.1, -0.05) is 30.3 Å². The van der Waals surface area contributed by atoms with E-state index in [0.717, 1.165) is 13.1 Å². The minimum Gasteiger partial charge on any atom is -0.379 e. The normalized spacial score (nSPS) is 18.0. The lowest BCUT2D eigenvalue weighted by Gasteiger charge is -2.35. The molecule has 0 aromatic heterocycles. The van der Waals surface area contributed by atoms with Crippen LogP contribution in [0.4, 0.5) is 0 Å². The highest BCUT2D eigenvalue weighted by molar-refractivity contribution is 5.86. The molecular formula is C17H25N3O3. The number of carbonyl (C=O) groups excluding carboxylic acids is 2. The van der Waals surface area contributed by atoms with Crippen molar-refractivity contribution in [1.29, 1.82) is 0 Å². The molecule has 0 aliphatic carbocycles. The number of morpholine rings is 1. The van der Waals surface area contributed by atoms with E-state index in [4.69, 9.17) is 4.74 Å². The van der Waals surface area contributed by atoms with Crippen LogP contribution in [-0.2, 0) is 14.3 Å². The number of nitrogens with one attached hydrogen (secondary N) is 2. The molecule has 6 nitrogen and oxygen atoms in total. The Morgan fingerprint density at radius 3 is 2.48 bits per heavy atom. The molecule has 1 aliphatic rings. The van der Waals surface area contributed by atoms with Crippen LogP contribution in [0, 0.1) is 0 Å². The van der Waals surface area contributed by atoms with E-state index in [1.54, 1.807) is 6.92 Å². The molecule has 2 N–H and O–H groups in total. The summed E-state index contributed by atoms with van der Waals surface area (Å²) in [6, 6.07) is 9.71. The fourth-order valence-electron chi connectivity index (χ4n) is 2.74. The van der Waals surface area contributed by atoms with Crippen molar-refractivity contribution in [3.05, 3.63) is 35.9 Å². The van der Waals surface area contributed by atoms with Gasteiger partial charge in [0.1, 0.15) is 6.04 Å². The van der Waals surface area contributed by atoms with Crippen molar-refractivity contribution >= 4 is 11.8 Å². The average molecular weight is 319 g/mol. The largest absolute Gasteiger partial charge is 0.379 e. The summed E-state index contributed by atoms with van der Waals surface area (Å²) in [5.41, 5.74) is 1.17. The zero-order valence-corrected chi connectivity index (χ0v) is 13.7. The van der Waals surface area contributed by atoms with E-state index in [2.05, 4.69) is 27.7 Å². The molecule has 126 valence electrons. The molecule has 1 fully saturated rings. The third kappa shape index (κ3) is 5.33. The molecule has 6 heteroatoms. The molecule has 0 spiro atoms. The van der Waals surface area contributed by atoms with E-state index in [0.29, 0.717) is 19.8 Å². The molecule has 2 unspecified atom stereocenters. The number of hydrogen-bond acceptors (Lipinski definition) is 4. The van der Waals surface area contributed by atoms with E-state index in [-0.39, 0.29) is 17.9 Å². The summed E-state index contributed by atoms with van der Waals surface area (Å²) in [4.78, 5) is 25.5. The molecule has 1 aromatic rings. The van der Waals surface area contributed by atoms with Crippen molar-refractivity contribution in [1.82, 2.24) is 15.5 Å². The van der Waals surface area contributed by atoms with Crippen molar-refractivity contribution in [3.63, 3.8) is 0 Å². The Morgan fingerprint density at radius 1 is 1.22 bits per heavy atom. The molecule has 23 heavy (non-hydrogen) atoms. The second-order valence-corrected chi connectivity index (χ2v) is 5.74. The Balaban J connectivity index is 2.00. The first-order chi connectivity index (χ1) is 11.1. The lowest BCUT2D eigenvalue weighted by molar-refractivity contribution is -0.127. The summed E-state index contributed by atoms with van der Waals surface area (Å²) < 4.78 is 5.42. The van der Waals surface area contributed by atoms with Gasteiger partial charge in [-0.3, -0.25) is 14.5 Å². The smallest absolute Gasteiger partial charge is 0.242 e. The number of hydrogen-bond donors (Lipinski definition) is 2. The first kappa shape index (κ1) is 17.4. The Hall–Kier alpha value is -1.92. The topological polar surface area (TPSA) is 70.7 Å². The average Bonchev–Trinajstić information content (AvgIpc) is 2.56. The molecule has 2 atom stereocenters. The third-order valence-electron chi connectivity index (χ3n) is 3.95. The first-order valence-corrected chi connectivity index (χ1v) is 7.99. The van der Waals surface area contributed by atoms with Crippen LogP contribution in [0.5, 0.6) is 0 Å². The van der Waals surface area contributed by atoms with Gasteiger partial charge in [0.15, 0.2) is 0 Å². The highest BCUT2D eigenvalue weighted by atomic mass is 16.5. The molecule has 1 heterocycles. The van der Waals surface area contributed by atoms with Gasteiger partial charge in [0.25, 0.3) is 0 Å². The zero-order chi connectivity index (χ0) is 16.7. The van der Waals surface area contributed by atoms with Crippen molar-refractivity contribution in [2.45, 2.75) is 25.9 Å². The van der Waals surface area contributed by atoms with Crippen molar-refractivity contribution in [3.8, 4) is 0 Å². The van der Waals surface area contributed by atoms with E-state index in [9.17, 15) is 9.59 Å². The Morgan fingerprint density at radius 2 is 1.87 bits per heavy atom. The maximum absolute atomic E-state index is 12.1. The monoisotopic (exact) mass is 319 g/mol. The molecule has 1 aliphatic heterocycles. The summed E-state index contributed by atoms with van der Waals surface area (Å²) in [5.74, 6) is -0.380. The highest BCUT2D eigenvalue weighted by Crippen LogP contribution is 2.21. The molecular weight excluding hydrogens is 294 g/mol. The second kappa shape index (κ2) is 8.64. The third-order valence-corrected chi connectivity index (χ3v) is 3.95. The van der Waals surface area contributed by atoms with Crippen molar-refractivity contribution in [2.75, 3.05) is 32.8 Å². The van der Waals surface area contributed by atoms with Crippen LogP contribution in [0.25, 0.3) is 0 Å². The van der Waals surface area contributed by atoms with Gasteiger partial charge in [-0.2, -0.15) is 0 Å². The lowest BCUT2D eigenvalue weighted by atomic mass is 10.0. The molecule has 1 aromatic carbocycles. The van der Waals surface area contributed by atoms with Crippen LogP contribution >= 0.6 is 0 Å². The summed E-state index contributed by atoms with van der Waals surface area (Å²) in [7, 11) is 0. The molecule has 0 saturated carbocycles. The van der Waals surface area contributed by atoms with Gasteiger partial charge in [0, 0.05) is 26.6 Å². The van der Waals surface area contributed by atoms with Crippen molar-refractivity contribution in [2.24, 2.45) is 0 Å². The van der Waals surface area contributed by atoms with Crippen LogP contribution in [0.15, 0.2) is 30.3 Å². The lowest BCUT2D eigenvalue weighted by Crippen LogP contribution is -2.48.